The van der Waals surface area contributed by atoms with Gasteiger partial charge in [-0.1, -0.05) is 6.07 Å². The van der Waals surface area contributed by atoms with Crippen LogP contribution in [0.4, 0.5) is 4.39 Å². The number of thiophene rings is 1. The van der Waals surface area contributed by atoms with Crippen molar-refractivity contribution >= 4 is 27.3 Å². The molecule has 0 saturated carbocycles. The summed E-state index contributed by atoms with van der Waals surface area (Å²) in [7, 11) is 0. The highest BCUT2D eigenvalue weighted by atomic mass is 32.1. The zero-order valence-corrected chi connectivity index (χ0v) is 11.0. The van der Waals surface area contributed by atoms with Gasteiger partial charge in [-0.2, -0.15) is 0 Å². The Balaban J connectivity index is 2.09. The molecule has 2 nitrogen and oxygen atoms in total. The highest BCUT2D eigenvalue weighted by molar-refractivity contribution is 7.21. The second kappa shape index (κ2) is 4.35. The van der Waals surface area contributed by atoms with Crippen molar-refractivity contribution in [1.82, 2.24) is 4.90 Å². The Kier molecular flexibility index (Phi) is 2.82. The topological polar surface area (TPSA) is 20.3 Å². The maximum Gasteiger partial charge on any atom is 0.264 e. The fourth-order valence-corrected chi connectivity index (χ4v) is 3.71. The third-order valence-electron chi connectivity index (χ3n) is 3.49. The Morgan fingerprint density at radius 1 is 1.33 bits per heavy atom. The van der Waals surface area contributed by atoms with Crippen LogP contribution in [0.3, 0.4) is 0 Å². The molecule has 2 aromatic rings. The quantitative estimate of drug-likeness (QED) is 0.770. The van der Waals surface area contributed by atoms with Crippen molar-refractivity contribution in [2.45, 2.75) is 19.8 Å². The fraction of sp³-hybridized carbons (Fsp3) is 0.357. The highest BCUT2D eigenvalue weighted by Crippen LogP contribution is 2.33. The minimum atomic E-state index is -0.235. The Labute approximate surface area is 109 Å². The largest absolute Gasteiger partial charge is 0.338 e. The van der Waals surface area contributed by atoms with Crippen molar-refractivity contribution in [2.24, 2.45) is 0 Å². The number of likely N-dealkylation sites (tertiary alicyclic amines) is 1. The molecule has 0 aliphatic carbocycles. The first-order valence-corrected chi connectivity index (χ1v) is 6.97. The third kappa shape index (κ3) is 1.72. The Hall–Kier alpha value is -1.42. The van der Waals surface area contributed by atoms with E-state index in [-0.39, 0.29) is 11.7 Å². The van der Waals surface area contributed by atoms with Crippen molar-refractivity contribution in [3.63, 3.8) is 0 Å². The van der Waals surface area contributed by atoms with E-state index in [1.807, 2.05) is 17.9 Å². The lowest BCUT2D eigenvalue weighted by Crippen LogP contribution is -2.27. The lowest BCUT2D eigenvalue weighted by atomic mass is 10.1. The Morgan fingerprint density at radius 2 is 2.06 bits per heavy atom. The number of nitrogens with zero attached hydrogens (tertiary/aromatic N) is 1. The van der Waals surface area contributed by atoms with E-state index in [9.17, 15) is 9.18 Å². The summed E-state index contributed by atoms with van der Waals surface area (Å²) >= 11 is 1.40. The number of aryl methyl sites for hydroxylation is 1. The zero-order chi connectivity index (χ0) is 12.7. The van der Waals surface area contributed by atoms with Crippen molar-refractivity contribution < 1.29 is 9.18 Å². The van der Waals surface area contributed by atoms with Gasteiger partial charge in [0.25, 0.3) is 5.91 Å². The van der Waals surface area contributed by atoms with Crippen LogP contribution in [0.5, 0.6) is 0 Å². The number of carbonyl (C=O) groups excluding carboxylic acids is 1. The summed E-state index contributed by atoms with van der Waals surface area (Å²) in [5.74, 6) is -0.174. The van der Waals surface area contributed by atoms with Crippen LogP contribution < -0.4 is 0 Å². The zero-order valence-electron chi connectivity index (χ0n) is 10.2. The van der Waals surface area contributed by atoms with Crippen LogP contribution in [-0.2, 0) is 0 Å². The number of benzene rings is 1. The lowest BCUT2D eigenvalue weighted by molar-refractivity contribution is 0.0797. The predicted octanol–water partition coefficient (Wildman–Crippen LogP) is 3.58. The van der Waals surface area contributed by atoms with E-state index < -0.39 is 0 Å². The molecule has 1 aliphatic heterocycles. The van der Waals surface area contributed by atoms with Crippen LogP contribution in [0.2, 0.25) is 0 Å². The molecule has 1 aromatic carbocycles. The van der Waals surface area contributed by atoms with Crippen LogP contribution in [0, 0.1) is 12.7 Å². The Bertz CT molecular complexity index is 614. The van der Waals surface area contributed by atoms with Gasteiger partial charge >= 0.3 is 0 Å². The number of hydrogen-bond acceptors (Lipinski definition) is 2. The first-order valence-electron chi connectivity index (χ1n) is 6.15. The van der Waals surface area contributed by atoms with Gasteiger partial charge in [-0.3, -0.25) is 4.79 Å². The normalized spacial score (nSPS) is 15.6. The summed E-state index contributed by atoms with van der Waals surface area (Å²) in [5, 5.41) is 0.602. The third-order valence-corrected chi connectivity index (χ3v) is 4.74. The van der Waals surface area contributed by atoms with E-state index in [0.29, 0.717) is 10.3 Å². The van der Waals surface area contributed by atoms with E-state index in [0.717, 1.165) is 36.2 Å². The van der Waals surface area contributed by atoms with Crippen LogP contribution >= 0.6 is 11.3 Å². The second-order valence-corrected chi connectivity index (χ2v) is 5.72. The van der Waals surface area contributed by atoms with Crippen molar-refractivity contribution in [3.8, 4) is 0 Å². The van der Waals surface area contributed by atoms with Crippen molar-refractivity contribution in [3.05, 3.63) is 34.5 Å². The standard InChI is InChI=1S/C14H14FNOS/c1-9-12-10(15)5-4-6-11(12)18-13(9)14(17)16-7-2-3-8-16/h4-6H,2-3,7-8H2,1H3. The minimum absolute atomic E-state index is 0.0607. The molecule has 2 heterocycles. The van der Waals surface area contributed by atoms with E-state index in [2.05, 4.69) is 0 Å². The molecule has 0 radical (unpaired) electrons. The first kappa shape index (κ1) is 11.7. The molecule has 0 unspecified atom stereocenters. The maximum absolute atomic E-state index is 13.8. The fourth-order valence-electron chi connectivity index (χ4n) is 2.52. The molecule has 0 spiro atoms. The monoisotopic (exact) mass is 263 g/mol. The molecule has 1 saturated heterocycles. The molecule has 1 fully saturated rings. The number of halogens is 1. The summed E-state index contributed by atoms with van der Waals surface area (Å²) in [6.07, 6.45) is 2.15. The number of rotatable bonds is 1. The molecular formula is C14H14FNOS. The smallest absolute Gasteiger partial charge is 0.264 e. The summed E-state index contributed by atoms with van der Waals surface area (Å²) < 4.78 is 14.6. The molecule has 0 N–H and O–H groups in total. The molecule has 0 atom stereocenters. The van der Waals surface area contributed by atoms with Gasteiger partial charge in [0, 0.05) is 23.2 Å². The predicted molar refractivity (Wildman–Crippen MR) is 71.7 cm³/mol. The average molecular weight is 263 g/mol. The van der Waals surface area contributed by atoms with E-state index in [1.165, 1.54) is 17.4 Å². The first-order chi connectivity index (χ1) is 8.68. The highest BCUT2D eigenvalue weighted by Gasteiger charge is 2.24. The molecule has 94 valence electrons. The molecule has 0 bridgehead atoms. The molecule has 3 rings (SSSR count). The van der Waals surface area contributed by atoms with Crippen LogP contribution in [0.25, 0.3) is 10.1 Å². The SMILES string of the molecule is Cc1c(C(=O)N2CCCC2)sc2cccc(F)c12. The second-order valence-electron chi connectivity index (χ2n) is 4.67. The number of fused-ring (bicyclic) bond motifs is 1. The molecule has 1 aromatic heterocycles. The van der Waals surface area contributed by atoms with Crippen molar-refractivity contribution in [2.75, 3.05) is 13.1 Å². The van der Waals surface area contributed by atoms with E-state index in [4.69, 9.17) is 0 Å². The van der Waals surface area contributed by atoms with E-state index in [1.54, 1.807) is 6.07 Å². The van der Waals surface area contributed by atoms with Gasteiger partial charge in [0.1, 0.15) is 5.82 Å². The maximum atomic E-state index is 13.8. The summed E-state index contributed by atoms with van der Waals surface area (Å²) in [6, 6.07) is 5.01. The van der Waals surface area contributed by atoms with Crippen LogP contribution in [0.15, 0.2) is 18.2 Å². The van der Waals surface area contributed by atoms with Gasteiger partial charge in [-0.25, -0.2) is 4.39 Å². The van der Waals surface area contributed by atoms with Gasteiger partial charge < -0.3 is 4.90 Å². The van der Waals surface area contributed by atoms with Crippen LogP contribution in [0.1, 0.15) is 28.1 Å². The van der Waals surface area contributed by atoms with Gasteiger partial charge in [0.2, 0.25) is 0 Å². The Morgan fingerprint density at radius 3 is 2.72 bits per heavy atom. The number of hydrogen-bond donors (Lipinski definition) is 0. The van der Waals surface area contributed by atoms with Gasteiger partial charge in [-0.15, -0.1) is 11.3 Å². The molecule has 1 aliphatic rings. The summed E-state index contributed by atoms with van der Waals surface area (Å²) in [5.41, 5.74) is 0.782. The summed E-state index contributed by atoms with van der Waals surface area (Å²) in [6.45, 7) is 3.50. The molecule has 1 amide bonds. The molecule has 18 heavy (non-hydrogen) atoms. The summed E-state index contributed by atoms with van der Waals surface area (Å²) in [4.78, 5) is 14.9. The minimum Gasteiger partial charge on any atom is -0.338 e. The van der Waals surface area contributed by atoms with Crippen molar-refractivity contribution in [1.29, 1.82) is 0 Å². The van der Waals surface area contributed by atoms with E-state index >= 15 is 0 Å². The van der Waals surface area contributed by atoms with Gasteiger partial charge in [-0.05, 0) is 37.5 Å². The lowest BCUT2D eigenvalue weighted by Gasteiger charge is -2.14. The van der Waals surface area contributed by atoms with Gasteiger partial charge in [0.05, 0.1) is 4.88 Å². The number of amides is 1. The average Bonchev–Trinajstić information content (AvgIpc) is 2.97. The van der Waals surface area contributed by atoms with Gasteiger partial charge in [0.15, 0.2) is 0 Å². The number of carbonyl (C=O) groups is 1. The van der Waals surface area contributed by atoms with Crippen LogP contribution in [-0.4, -0.2) is 23.9 Å². The molecule has 4 heteroatoms. The molecular weight excluding hydrogens is 249 g/mol.